The van der Waals surface area contributed by atoms with E-state index in [1.54, 1.807) is 0 Å². The third-order valence-corrected chi connectivity index (χ3v) is 7.84. The van der Waals surface area contributed by atoms with Crippen molar-refractivity contribution in [3.05, 3.63) is 129 Å². The highest BCUT2D eigenvalue weighted by Crippen LogP contribution is 2.50. The average molecular weight is 523 g/mol. The molecule has 0 bridgehead atoms. The van der Waals surface area contributed by atoms with Crippen LogP contribution in [-0.2, 0) is 0 Å². The molecule has 0 saturated carbocycles. The van der Waals surface area contributed by atoms with Gasteiger partial charge in [0.1, 0.15) is 0 Å². The van der Waals surface area contributed by atoms with Crippen molar-refractivity contribution in [2.24, 2.45) is 0 Å². The molecule has 5 aromatic carbocycles. The monoisotopic (exact) mass is 522 g/mol. The minimum absolute atomic E-state index is 0.589. The molecule has 2 aliphatic rings. The minimum atomic E-state index is 0.589. The van der Waals surface area contributed by atoms with Gasteiger partial charge in [0.25, 0.3) is 0 Å². The van der Waals surface area contributed by atoms with Crippen molar-refractivity contribution in [3.63, 3.8) is 0 Å². The van der Waals surface area contributed by atoms with E-state index in [9.17, 15) is 0 Å². The zero-order valence-corrected chi connectivity index (χ0v) is 22.4. The van der Waals surface area contributed by atoms with Gasteiger partial charge in [-0.1, -0.05) is 108 Å². The topological polar surface area (TPSA) is 0 Å². The second-order valence-corrected chi connectivity index (χ2v) is 9.90. The van der Waals surface area contributed by atoms with E-state index in [0.717, 1.165) is 55.6 Å². The van der Waals surface area contributed by atoms with E-state index in [4.69, 9.17) is 25.7 Å². The molecule has 0 aromatic heterocycles. The predicted octanol–water partition coefficient (Wildman–Crippen LogP) is 7.71. The zero-order chi connectivity index (χ0) is 28.8. The summed E-state index contributed by atoms with van der Waals surface area (Å²) in [6, 6.07) is 28.1. The van der Waals surface area contributed by atoms with Gasteiger partial charge in [-0.15, -0.1) is 25.7 Å². The van der Waals surface area contributed by atoms with E-state index >= 15 is 0 Å². The van der Waals surface area contributed by atoms with Gasteiger partial charge in [0.05, 0.1) is 11.1 Å². The Morgan fingerprint density at radius 1 is 0.310 bits per heavy atom. The lowest BCUT2D eigenvalue weighted by atomic mass is 9.76. The summed E-state index contributed by atoms with van der Waals surface area (Å²) in [6.07, 6.45) is 23.7. The molecule has 0 heteroatoms. The molecule has 0 spiro atoms. The third-order valence-electron chi connectivity index (χ3n) is 7.84. The number of benzene rings is 5. The van der Waals surface area contributed by atoms with E-state index in [0.29, 0.717) is 22.3 Å². The van der Waals surface area contributed by atoms with E-state index in [1.165, 1.54) is 11.1 Å². The van der Waals surface area contributed by atoms with Gasteiger partial charge in [0.2, 0.25) is 0 Å². The summed E-state index contributed by atoms with van der Waals surface area (Å²) < 4.78 is 0. The molecule has 0 radical (unpaired) electrons. The molecule has 0 saturated heterocycles. The number of hydrogen-bond donors (Lipinski definition) is 0. The number of rotatable bonds is 0. The van der Waals surface area contributed by atoms with Crippen molar-refractivity contribution in [1.29, 1.82) is 0 Å². The largest absolute Gasteiger partial charge is 0.115 e. The first-order valence-electron chi connectivity index (χ1n) is 13.3. The molecule has 0 unspecified atom stereocenters. The van der Waals surface area contributed by atoms with E-state index in [-0.39, 0.29) is 0 Å². The van der Waals surface area contributed by atoms with Gasteiger partial charge in [-0.05, 0) is 57.6 Å². The third kappa shape index (κ3) is 3.49. The Morgan fingerprint density at radius 3 is 1.00 bits per heavy atom. The summed E-state index contributed by atoms with van der Waals surface area (Å²) in [5.41, 5.74) is 14.4. The molecule has 0 atom stereocenters. The highest BCUT2D eigenvalue weighted by molar-refractivity contribution is 6.06. The van der Waals surface area contributed by atoms with Gasteiger partial charge < -0.3 is 0 Å². The minimum Gasteiger partial charge on any atom is -0.115 e. The van der Waals surface area contributed by atoms with E-state index in [1.807, 2.05) is 48.5 Å². The fourth-order valence-corrected chi connectivity index (χ4v) is 5.81. The van der Waals surface area contributed by atoms with Crippen LogP contribution in [0.5, 0.6) is 0 Å². The highest BCUT2D eigenvalue weighted by Gasteiger charge is 2.27. The van der Waals surface area contributed by atoms with Gasteiger partial charge in [0, 0.05) is 44.5 Å². The van der Waals surface area contributed by atoms with Crippen LogP contribution in [0.15, 0.2) is 84.9 Å². The van der Waals surface area contributed by atoms with Crippen LogP contribution in [0.25, 0.3) is 44.5 Å². The van der Waals surface area contributed by atoms with Gasteiger partial charge in [-0.25, -0.2) is 0 Å². The number of terminal acetylenes is 4. The first-order chi connectivity index (χ1) is 20.7. The van der Waals surface area contributed by atoms with Crippen molar-refractivity contribution in [3.8, 4) is 118 Å². The maximum absolute atomic E-state index is 5.95. The summed E-state index contributed by atoms with van der Waals surface area (Å²) >= 11 is 0. The summed E-state index contributed by atoms with van der Waals surface area (Å²) in [6.45, 7) is 0. The van der Waals surface area contributed by atoms with Crippen LogP contribution in [-0.4, -0.2) is 0 Å². The molecule has 0 amide bonds. The summed E-state index contributed by atoms with van der Waals surface area (Å²) in [5.74, 6) is 24.5. The Morgan fingerprint density at radius 2 is 0.619 bits per heavy atom. The van der Waals surface area contributed by atoms with E-state index < -0.39 is 0 Å². The zero-order valence-electron chi connectivity index (χ0n) is 22.4. The highest BCUT2D eigenvalue weighted by atomic mass is 14.3. The average Bonchev–Trinajstić information content (AvgIpc) is 3.02. The predicted molar refractivity (Wildman–Crippen MR) is 172 cm³/mol. The fourth-order valence-electron chi connectivity index (χ4n) is 5.81. The molecular formula is C42H18. The molecule has 186 valence electrons. The Kier molecular flexibility index (Phi) is 5.59. The lowest BCUT2D eigenvalue weighted by Crippen LogP contribution is -2.04. The summed E-state index contributed by atoms with van der Waals surface area (Å²) in [4.78, 5) is 0. The van der Waals surface area contributed by atoms with Crippen molar-refractivity contribution in [2.75, 3.05) is 0 Å². The normalized spacial score (nSPS) is 10.4. The molecule has 0 aliphatic heterocycles. The lowest BCUT2D eigenvalue weighted by molar-refractivity contribution is 1.46. The summed E-state index contributed by atoms with van der Waals surface area (Å²) in [7, 11) is 0. The van der Waals surface area contributed by atoms with Crippen LogP contribution in [0.1, 0.15) is 44.5 Å². The molecule has 7 rings (SSSR count). The molecule has 0 heterocycles. The smallest absolute Gasteiger partial charge is 0.0574 e. The first kappa shape index (κ1) is 24.5. The van der Waals surface area contributed by atoms with Gasteiger partial charge in [0.15, 0.2) is 0 Å². The quantitative estimate of drug-likeness (QED) is 0.179. The summed E-state index contributed by atoms with van der Waals surface area (Å²) in [5, 5.41) is 0. The van der Waals surface area contributed by atoms with Crippen molar-refractivity contribution < 1.29 is 0 Å². The molecule has 0 N–H and O–H groups in total. The van der Waals surface area contributed by atoms with Crippen LogP contribution in [0.3, 0.4) is 0 Å². The molecule has 0 nitrogen and oxygen atoms in total. The standard InChI is InChI=1S/C42H18/c1-5-27-17-18-28(6-2)32(24-26-34-30(8-4)20-22-40-36-14-10-12-16-38(36)42(34)40)31(27)23-25-33-29(7-3)19-21-39-35-13-9-11-15-37(35)41(33)39/h1-4,9-22H. The second-order valence-electron chi connectivity index (χ2n) is 9.90. The van der Waals surface area contributed by atoms with Crippen molar-refractivity contribution >= 4 is 0 Å². The Bertz CT molecular complexity index is 2170. The molecular weight excluding hydrogens is 504 g/mol. The van der Waals surface area contributed by atoms with Crippen LogP contribution in [0.4, 0.5) is 0 Å². The van der Waals surface area contributed by atoms with Crippen LogP contribution in [0, 0.1) is 73.1 Å². The Labute approximate surface area is 246 Å². The molecule has 5 aromatic rings. The van der Waals surface area contributed by atoms with Crippen molar-refractivity contribution in [1.82, 2.24) is 0 Å². The van der Waals surface area contributed by atoms with E-state index in [2.05, 4.69) is 83.8 Å². The maximum Gasteiger partial charge on any atom is 0.0574 e. The Hall–Kier alpha value is -6.54. The first-order valence-corrected chi connectivity index (χ1v) is 13.3. The van der Waals surface area contributed by atoms with Gasteiger partial charge >= 0.3 is 0 Å². The lowest BCUT2D eigenvalue weighted by Gasteiger charge is -2.25. The fraction of sp³-hybridized carbons (Fsp3) is 0. The second kappa shape index (κ2) is 9.58. The molecule has 42 heavy (non-hydrogen) atoms. The van der Waals surface area contributed by atoms with Crippen molar-refractivity contribution in [2.45, 2.75) is 0 Å². The Balaban J connectivity index is 1.42. The maximum atomic E-state index is 5.95. The number of fused-ring (bicyclic) bond motifs is 8. The number of hydrogen-bond acceptors (Lipinski definition) is 0. The van der Waals surface area contributed by atoms with Gasteiger partial charge in [-0.2, -0.15) is 0 Å². The molecule has 0 fully saturated rings. The SMILES string of the molecule is C#Cc1ccc(C#C)c(C#Cc2c(C#C)ccc3c2-c2ccccc2-3)c1C#Cc1c(C#C)ccc2c1-c1ccccc1-2. The van der Waals surface area contributed by atoms with Crippen LogP contribution >= 0.6 is 0 Å². The van der Waals surface area contributed by atoms with Crippen LogP contribution < -0.4 is 0 Å². The van der Waals surface area contributed by atoms with Gasteiger partial charge in [-0.3, -0.25) is 0 Å². The molecule has 2 aliphatic carbocycles. The van der Waals surface area contributed by atoms with Crippen LogP contribution in [0.2, 0.25) is 0 Å².